The fourth-order valence-corrected chi connectivity index (χ4v) is 1.65. The first-order valence-electron chi connectivity index (χ1n) is 4.90. The van der Waals surface area contributed by atoms with E-state index in [4.69, 9.17) is 29.6 Å². The molecule has 0 amide bonds. The summed E-state index contributed by atoms with van der Waals surface area (Å²) in [6, 6.07) is 4.68. The van der Waals surface area contributed by atoms with Crippen LogP contribution in [0.2, 0.25) is 5.02 Å². The maximum Gasteiger partial charge on any atom is 0.129 e. The van der Waals surface area contributed by atoms with E-state index in [0.29, 0.717) is 35.1 Å². The summed E-state index contributed by atoms with van der Waals surface area (Å²) in [6.07, 6.45) is 0.623. The summed E-state index contributed by atoms with van der Waals surface area (Å²) >= 11 is 10.7. The van der Waals surface area contributed by atoms with Crippen LogP contribution in [0.25, 0.3) is 0 Å². The number of nitrogens with two attached hydrogens (primary N) is 1. The van der Waals surface area contributed by atoms with E-state index in [1.807, 2.05) is 11.9 Å². The molecular weight excluding hydrogens is 247 g/mol. The zero-order chi connectivity index (χ0) is 12.1. The van der Waals surface area contributed by atoms with E-state index < -0.39 is 0 Å². The van der Waals surface area contributed by atoms with Gasteiger partial charge in [0.15, 0.2) is 0 Å². The van der Waals surface area contributed by atoms with Gasteiger partial charge in [0.1, 0.15) is 5.82 Å². The molecule has 0 heterocycles. The van der Waals surface area contributed by atoms with Crippen molar-refractivity contribution in [3.63, 3.8) is 0 Å². The van der Waals surface area contributed by atoms with E-state index >= 15 is 0 Å². The highest BCUT2D eigenvalue weighted by molar-refractivity contribution is 7.80. The molecule has 0 fully saturated rings. The summed E-state index contributed by atoms with van der Waals surface area (Å²) in [5, 5.41) is 0.446. The lowest BCUT2D eigenvalue weighted by atomic mass is 10.2. The average molecular weight is 261 g/mol. The predicted octanol–water partition coefficient (Wildman–Crippen LogP) is 2.59. The second kappa shape index (κ2) is 6.13. The van der Waals surface area contributed by atoms with Gasteiger partial charge in [0, 0.05) is 30.1 Å². The van der Waals surface area contributed by atoms with Crippen molar-refractivity contribution >= 4 is 28.8 Å². The Balaban J connectivity index is 2.62. The first-order valence-corrected chi connectivity index (χ1v) is 5.69. The lowest BCUT2D eigenvalue weighted by molar-refractivity contribution is 0.331. The van der Waals surface area contributed by atoms with Gasteiger partial charge < -0.3 is 10.6 Å². The zero-order valence-corrected chi connectivity index (χ0v) is 10.6. The van der Waals surface area contributed by atoms with Crippen molar-refractivity contribution < 1.29 is 4.39 Å². The Kier molecular flexibility index (Phi) is 5.12. The highest BCUT2D eigenvalue weighted by Crippen LogP contribution is 2.20. The Hall–Kier alpha value is -0.710. The van der Waals surface area contributed by atoms with Gasteiger partial charge in [0.25, 0.3) is 0 Å². The molecule has 88 valence electrons. The lowest BCUT2D eigenvalue weighted by Crippen LogP contribution is -2.24. The van der Waals surface area contributed by atoms with E-state index in [0.717, 1.165) is 0 Å². The van der Waals surface area contributed by atoms with Gasteiger partial charge in [-0.25, -0.2) is 4.39 Å². The summed E-state index contributed by atoms with van der Waals surface area (Å²) in [7, 11) is 1.88. The molecule has 0 spiro atoms. The van der Waals surface area contributed by atoms with E-state index in [1.165, 1.54) is 6.07 Å². The van der Waals surface area contributed by atoms with E-state index in [2.05, 4.69) is 0 Å². The monoisotopic (exact) mass is 260 g/mol. The molecule has 0 aliphatic rings. The maximum absolute atomic E-state index is 13.4. The SMILES string of the molecule is CN(CCC(N)=S)Cc1c(F)cccc1Cl. The smallest absolute Gasteiger partial charge is 0.129 e. The van der Waals surface area contributed by atoms with Crippen molar-refractivity contribution in [1.29, 1.82) is 0 Å². The van der Waals surface area contributed by atoms with Gasteiger partial charge in [0.05, 0.1) is 4.99 Å². The zero-order valence-electron chi connectivity index (χ0n) is 9.04. The Labute approximate surface area is 105 Å². The Morgan fingerprint density at radius 2 is 2.25 bits per heavy atom. The maximum atomic E-state index is 13.4. The first-order chi connectivity index (χ1) is 7.50. The van der Waals surface area contributed by atoms with E-state index in [9.17, 15) is 4.39 Å². The van der Waals surface area contributed by atoms with Crippen LogP contribution in [0.3, 0.4) is 0 Å². The van der Waals surface area contributed by atoms with Crippen LogP contribution in [-0.2, 0) is 6.54 Å². The molecule has 0 saturated heterocycles. The molecule has 2 nitrogen and oxygen atoms in total. The number of thiocarbonyl (C=S) groups is 1. The molecule has 0 atom stereocenters. The van der Waals surface area contributed by atoms with Crippen molar-refractivity contribution in [2.75, 3.05) is 13.6 Å². The van der Waals surface area contributed by atoms with E-state index in [1.54, 1.807) is 12.1 Å². The third kappa shape index (κ3) is 4.04. The quantitative estimate of drug-likeness (QED) is 0.826. The van der Waals surface area contributed by atoms with Gasteiger partial charge in [-0.3, -0.25) is 0 Å². The largest absolute Gasteiger partial charge is 0.393 e. The van der Waals surface area contributed by atoms with Gasteiger partial charge >= 0.3 is 0 Å². The Morgan fingerprint density at radius 3 is 2.81 bits per heavy atom. The van der Waals surface area contributed by atoms with Crippen LogP contribution in [0.1, 0.15) is 12.0 Å². The molecule has 2 N–H and O–H groups in total. The van der Waals surface area contributed by atoms with Crippen molar-refractivity contribution in [1.82, 2.24) is 4.90 Å². The molecule has 0 aliphatic carbocycles. The topological polar surface area (TPSA) is 29.3 Å². The van der Waals surface area contributed by atoms with Crippen molar-refractivity contribution in [2.24, 2.45) is 5.73 Å². The van der Waals surface area contributed by atoms with Crippen LogP contribution >= 0.6 is 23.8 Å². The minimum Gasteiger partial charge on any atom is -0.393 e. The van der Waals surface area contributed by atoms with Crippen LogP contribution in [0.4, 0.5) is 4.39 Å². The second-order valence-electron chi connectivity index (χ2n) is 3.65. The second-order valence-corrected chi connectivity index (χ2v) is 4.59. The third-order valence-electron chi connectivity index (χ3n) is 2.23. The summed E-state index contributed by atoms with van der Waals surface area (Å²) < 4.78 is 13.4. The van der Waals surface area contributed by atoms with Crippen molar-refractivity contribution in [3.05, 3.63) is 34.6 Å². The van der Waals surface area contributed by atoms with Crippen LogP contribution in [-0.4, -0.2) is 23.5 Å². The number of halogens is 2. The Morgan fingerprint density at radius 1 is 1.56 bits per heavy atom. The average Bonchev–Trinajstić information content (AvgIpc) is 2.21. The van der Waals surface area contributed by atoms with Crippen LogP contribution in [0.15, 0.2) is 18.2 Å². The molecule has 1 aromatic carbocycles. The number of rotatable bonds is 5. The van der Waals surface area contributed by atoms with Gasteiger partial charge in [-0.1, -0.05) is 29.9 Å². The van der Waals surface area contributed by atoms with Crippen LogP contribution < -0.4 is 5.73 Å². The summed E-state index contributed by atoms with van der Waals surface area (Å²) in [4.78, 5) is 2.40. The fourth-order valence-electron chi connectivity index (χ4n) is 1.33. The molecular formula is C11H14ClFN2S. The van der Waals surface area contributed by atoms with Crippen molar-refractivity contribution in [2.45, 2.75) is 13.0 Å². The molecule has 0 aromatic heterocycles. The van der Waals surface area contributed by atoms with Gasteiger partial charge in [-0.2, -0.15) is 0 Å². The summed E-state index contributed by atoms with van der Waals surface area (Å²) in [6.45, 7) is 1.15. The Bertz CT molecular complexity index is 364. The van der Waals surface area contributed by atoms with Gasteiger partial charge in [-0.15, -0.1) is 0 Å². The molecule has 0 saturated carbocycles. The van der Waals surface area contributed by atoms with Crippen LogP contribution in [0.5, 0.6) is 0 Å². The molecule has 5 heteroatoms. The number of benzene rings is 1. The van der Waals surface area contributed by atoms with Crippen molar-refractivity contribution in [3.8, 4) is 0 Å². The first kappa shape index (κ1) is 13.4. The molecule has 0 aliphatic heterocycles. The highest BCUT2D eigenvalue weighted by Gasteiger charge is 2.09. The molecule has 16 heavy (non-hydrogen) atoms. The molecule has 0 radical (unpaired) electrons. The third-order valence-corrected chi connectivity index (χ3v) is 2.79. The van der Waals surface area contributed by atoms with E-state index in [-0.39, 0.29) is 5.82 Å². The summed E-state index contributed by atoms with van der Waals surface area (Å²) in [5.41, 5.74) is 5.91. The number of hydrogen-bond donors (Lipinski definition) is 1. The summed E-state index contributed by atoms with van der Waals surface area (Å²) in [5.74, 6) is -0.283. The fraction of sp³-hybridized carbons (Fsp3) is 0.364. The molecule has 1 rings (SSSR count). The highest BCUT2D eigenvalue weighted by atomic mass is 35.5. The molecule has 0 bridgehead atoms. The standard InChI is InChI=1S/C11H14ClFN2S/c1-15(6-5-11(14)16)7-8-9(12)3-2-4-10(8)13/h2-4H,5-7H2,1H3,(H2,14,16). The minimum atomic E-state index is -0.283. The minimum absolute atomic E-state index is 0.283. The molecule has 1 aromatic rings. The van der Waals surface area contributed by atoms with Gasteiger partial charge in [-0.05, 0) is 19.2 Å². The van der Waals surface area contributed by atoms with Crippen LogP contribution in [0, 0.1) is 5.82 Å². The normalized spacial score (nSPS) is 10.8. The number of hydrogen-bond acceptors (Lipinski definition) is 2. The number of nitrogens with zero attached hydrogens (tertiary/aromatic N) is 1. The predicted molar refractivity (Wildman–Crippen MR) is 69.1 cm³/mol. The lowest BCUT2D eigenvalue weighted by Gasteiger charge is -2.17. The van der Waals surface area contributed by atoms with Gasteiger partial charge in [0.2, 0.25) is 0 Å². The molecule has 0 unspecified atom stereocenters.